The van der Waals surface area contributed by atoms with Crippen LogP contribution in [0.5, 0.6) is 0 Å². The van der Waals surface area contributed by atoms with Crippen LogP contribution in [0.3, 0.4) is 0 Å². The Balaban J connectivity index is 2.37. The third kappa shape index (κ3) is 4.63. The van der Waals surface area contributed by atoms with E-state index < -0.39 is 43.9 Å². The standard InChI is InChI=1S/C22H23N3O7S/c1-3-5-16(14-26)19(13-24(27)28)20-12-23(22-18(20)6-4-7-21(22)25(29)30)33(31,32)17-10-8-15(2)9-11-17/h4,6-12,14,16,19H,3,5,13H2,1-2H3/t16-,19-/m1/s1. The lowest BCUT2D eigenvalue weighted by molar-refractivity contribution is -0.484. The monoisotopic (exact) mass is 473 g/mol. The van der Waals surface area contributed by atoms with E-state index in [1.807, 2.05) is 6.92 Å². The highest BCUT2D eigenvalue weighted by atomic mass is 32.2. The number of aryl methyl sites for hydroxylation is 1. The number of aromatic nitrogens is 1. The topological polar surface area (TPSA) is 142 Å². The molecule has 0 bridgehead atoms. The molecule has 0 aliphatic rings. The summed E-state index contributed by atoms with van der Waals surface area (Å²) in [4.78, 5) is 33.7. The fourth-order valence-electron chi connectivity index (χ4n) is 4.03. The van der Waals surface area contributed by atoms with Crippen molar-refractivity contribution in [1.29, 1.82) is 0 Å². The molecule has 0 fully saturated rings. The van der Waals surface area contributed by atoms with Crippen LogP contribution in [-0.2, 0) is 14.8 Å². The van der Waals surface area contributed by atoms with Crippen molar-refractivity contribution < 1.29 is 23.1 Å². The Kier molecular flexibility index (Phi) is 6.92. The van der Waals surface area contributed by atoms with Crippen molar-refractivity contribution in [2.24, 2.45) is 5.92 Å². The molecule has 0 spiro atoms. The average Bonchev–Trinajstić information content (AvgIpc) is 3.16. The number of hydrogen-bond donors (Lipinski definition) is 0. The zero-order valence-electron chi connectivity index (χ0n) is 18.1. The third-order valence-electron chi connectivity index (χ3n) is 5.64. The van der Waals surface area contributed by atoms with Gasteiger partial charge in [0.05, 0.1) is 15.7 Å². The smallest absolute Gasteiger partial charge is 0.294 e. The van der Waals surface area contributed by atoms with Crippen LogP contribution >= 0.6 is 0 Å². The summed E-state index contributed by atoms with van der Waals surface area (Å²) in [5.41, 5.74) is 0.407. The molecule has 0 saturated carbocycles. The molecule has 33 heavy (non-hydrogen) atoms. The van der Waals surface area contributed by atoms with E-state index in [1.165, 1.54) is 36.5 Å². The van der Waals surface area contributed by atoms with E-state index in [0.29, 0.717) is 19.1 Å². The maximum atomic E-state index is 13.5. The molecule has 0 amide bonds. The van der Waals surface area contributed by atoms with Gasteiger partial charge in [-0.2, -0.15) is 0 Å². The van der Waals surface area contributed by atoms with Crippen LogP contribution in [0.15, 0.2) is 53.6 Å². The predicted octanol–water partition coefficient (Wildman–Crippen LogP) is 4.07. The molecule has 174 valence electrons. The number of non-ortho nitro benzene ring substituents is 1. The highest BCUT2D eigenvalue weighted by molar-refractivity contribution is 7.90. The molecule has 0 saturated heterocycles. The van der Waals surface area contributed by atoms with Gasteiger partial charge in [-0.1, -0.05) is 43.2 Å². The van der Waals surface area contributed by atoms with Crippen LogP contribution in [0.25, 0.3) is 10.9 Å². The zero-order chi connectivity index (χ0) is 24.3. The van der Waals surface area contributed by atoms with Crippen molar-refractivity contribution in [3.63, 3.8) is 0 Å². The quantitative estimate of drug-likeness (QED) is 0.245. The summed E-state index contributed by atoms with van der Waals surface area (Å²) in [6.07, 6.45) is 2.76. The predicted molar refractivity (Wildman–Crippen MR) is 121 cm³/mol. The summed E-state index contributed by atoms with van der Waals surface area (Å²) < 4.78 is 27.8. The van der Waals surface area contributed by atoms with Crippen LogP contribution in [-0.4, -0.2) is 35.1 Å². The molecule has 0 radical (unpaired) electrons. The summed E-state index contributed by atoms with van der Waals surface area (Å²) in [5, 5.41) is 23.4. The molecule has 11 heteroatoms. The minimum absolute atomic E-state index is 0.0824. The van der Waals surface area contributed by atoms with E-state index >= 15 is 0 Å². The van der Waals surface area contributed by atoms with E-state index in [2.05, 4.69) is 0 Å². The molecule has 1 aromatic heterocycles. The molecule has 1 heterocycles. The Morgan fingerprint density at radius 1 is 1.09 bits per heavy atom. The first-order valence-corrected chi connectivity index (χ1v) is 11.7. The number of carbonyl (C=O) groups excluding carboxylic acids is 1. The van der Waals surface area contributed by atoms with E-state index in [4.69, 9.17) is 0 Å². The Bertz CT molecular complexity index is 1310. The Labute approximate surface area is 190 Å². The van der Waals surface area contributed by atoms with Crippen LogP contribution in [0.1, 0.15) is 36.8 Å². The number of nitro groups is 2. The number of benzene rings is 2. The Hall–Kier alpha value is -3.60. The number of hydrogen-bond acceptors (Lipinski definition) is 7. The molecule has 0 aliphatic carbocycles. The normalized spacial score (nSPS) is 13.5. The molecule has 2 aromatic carbocycles. The lowest BCUT2D eigenvalue weighted by atomic mass is 9.84. The van der Waals surface area contributed by atoms with Gasteiger partial charge in [0.15, 0.2) is 0 Å². The lowest BCUT2D eigenvalue weighted by Gasteiger charge is -2.18. The maximum absolute atomic E-state index is 13.5. The molecule has 2 atom stereocenters. The number of fused-ring (bicyclic) bond motifs is 1. The summed E-state index contributed by atoms with van der Waals surface area (Å²) in [6, 6.07) is 10.1. The van der Waals surface area contributed by atoms with Gasteiger partial charge in [0.1, 0.15) is 11.8 Å². The maximum Gasteiger partial charge on any atom is 0.294 e. The lowest BCUT2D eigenvalue weighted by Crippen LogP contribution is -2.22. The van der Waals surface area contributed by atoms with Crippen molar-refractivity contribution in [2.75, 3.05) is 6.54 Å². The third-order valence-corrected chi connectivity index (χ3v) is 7.31. The minimum Gasteiger partial charge on any atom is -0.303 e. The van der Waals surface area contributed by atoms with Gasteiger partial charge in [0.2, 0.25) is 6.54 Å². The van der Waals surface area contributed by atoms with Crippen molar-refractivity contribution in [2.45, 2.75) is 37.5 Å². The number of para-hydroxylation sites is 1. The van der Waals surface area contributed by atoms with E-state index in [0.717, 1.165) is 9.54 Å². The fraction of sp³-hybridized carbons (Fsp3) is 0.318. The number of rotatable bonds is 10. The molecule has 10 nitrogen and oxygen atoms in total. The van der Waals surface area contributed by atoms with Gasteiger partial charge < -0.3 is 4.79 Å². The molecular formula is C22H23N3O7S. The largest absolute Gasteiger partial charge is 0.303 e. The summed E-state index contributed by atoms with van der Waals surface area (Å²) >= 11 is 0. The zero-order valence-corrected chi connectivity index (χ0v) is 18.9. The van der Waals surface area contributed by atoms with E-state index in [9.17, 15) is 33.4 Å². The van der Waals surface area contributed by atoms with Crippen LogP contribution in [0.2, 0.25) is 0 Å². The summed E-state index contributed by atoms with van der Waals surface area (Å²) in [6.45, 7) is 3.01. The van der Waals surface area contributed by atoms with Gasteiger partial charge in [-0.25, -0.2) is 12.4 Å². The first-order valence-electron chi connectivity index (χ1n) is 10.3. The molecule has 3 rings (SSSR count). The fourth-order valence-corrected chi connectivity index (χ4v) is 5.43. The highest BCUT2D eigenvalue weighted by Gasteiger charge is 2.34. The van der Waals surface area contributed by atoms with Gasteiger partial charge in [-0.05, 0) is 31.0 Å². The average molecular weight is 474 g/mol. The van der Waals surface area contributed by atoms with E-state index in [1.54, 1.807) is 19.1 Å². The summed E-state index contributed by atoms with van der Waals surface area (Å²) in [5.74, 6) is -1.70. The van der Waals surface area contributed by atoms with Crippen LogP contribution < -0.4 is 0 Å². The first-order chi connectivity index (χ1) is 15.6. The van der Waals surface area contributed by atoms with Gasteiger partial charge >= 0.3 is 0 Å². The molecule has 0 N–H and O–H groups in total. The minimum atomic E-state index is -4.27. The Morgan fingerprint density at radius 2 is 1.76 bits per heavy atom. The van der Waals surface area contributed by atoms with Crippen LogP contribution in [0.4, 0.5) is 5.69 Å². The van der Waals surface area contributed by atoms with Crippen molar-refractivity contribution in [1.82, 2.24) is 3.97 Å². The second kappa shape index (κ2) is 9.49. The van der Waals surface area contributed by atoms with E-state index in [-0.39, 0.29) is 21.4 Å². The second-order valence-corrected chi connectivity index (χ2v) is 9.65. The first kappa shape index (κ1) is 24.1. The second-order valence-electron chi connectivity index (χ2n) is 7.84. The number of carbonyl (C=O) groups is 1. The van der Waals surface area contributed by atoms with Gasteiger partial charge in [0.25, 0.3) is 15.7 Å². The highest BCUT2D eigenvalue weighted by Crippen LogP contribution is 2.39. The van der Waals surface area contributed by atoms with Crippen LogP contribution in [0, 0.1) is 33.1 Å². The van der Waals surface area contributed by atoms with Gasteiger partial charge in [-0.15, -0.1) is 0 Å². The molecule has 0 unspecified atom stereocenters. The Morgan fingerprint density at radius 3 is 2.30 bits per heavy atom. The number of aldehydes is 1. The summed E-state index contributed by atoms with van der Waals surface area (Å²) in [7, 11) is -4.27. The molecular weight excluding hydrogens is 450 g/mol. The van der Waals surface area contributed by atoms with Crippen molar-refractivity contribution >= 4 is 32.9 Å². The molecule has 0 aliphatic heterocycles. The molecule has 3 aromatic rings. The van der Waals surface area contributed by atoms with Crippen molar-refractivity contribution in [3.8, 4) is 0 Å². The number of nitro benzene ring substituents is 1. The van der Waals surface area contributed by atoms with Crippen molar-refractivity contribution in [3.05, 3.63) is 80.0 Å². The van der Waals surface area contributed by atoms with Gasteiger partial charge in [-0.3, -0.25) is 20.2 Å². The number of nitrogens with zero attached hydrogens (tertiary/aromatic N) is 3. The van der Waals surface area contributed by atoms with Gasteiger partial charge in [0, 0.05) is 28.5 Å². The SMILES string of the molecule is CCC[C@H](C=O)[C@@H](C[N+](=O)[O-])c1cn(S(=O)(=O)c2ccc(C)cc2)c2c([N+](=O)[O-])cccc12.